The van der Waals surface area contributed by atoms with Gasteiger partial charge in [-0.25, -0.2) is 4.98 Å². The third-order valence-corrected chi connectivity index (χ3v) is 2.85. The van der Waals surface area contributed by atoms with E-state index in [4.69, 9.17) is 28.5 Å². The molecule has 1 heterocycles. The summed E-state index contributed by atoms with van der Waals surface area (Å²) in [6.45, 7) is 0. The number of hydrogen-bond donors (Lipinski definition) is 1. The molecule has 0 radical (unpaired) electrons. The first kappa shape index (κ1) is 13.3. The number of carbonyl (C=O) groups excluding carboxylic acids is 1. The van der Waals surface area contributed by atoms with E-state index in [1.54, 1.807) is 24.3 Å². The van der Waals surface area contributed by atoms with Crippen LogP contribution in [0.15, 0.2) is 36.5 Å². The standard InChI is InChI=1S/C13H7Cl2N3O/c14-11-7-17-12(15)5-10(11)13(19)18-9-3-1-8(6-16)2-4-9/h1-5,7H,(H,18,19). The Morgan fingerprint density at radius 3 is 2.58 bits per heavy atom. The number of nitriles is 1. The first-order valence-electron chi connectivity index (χ1n) is 5.22. The maximum Gasteiger partial charge on any atom is 0.257 e. The second-order valence-electron chi connectivity index (χ2n) is 3.63. The molecule has 0 saturated carbocycles. The van der Waals surface area contributed by atoms with Crippen molar-refractivity contribution in [2.24, 2.45) is 0 Å². The predicted molar refractivity (Wildman–Crippen MR) is 73.4 cm³/mol. The maximum atomic E-state index is 12.0. The van der Waals surface area contributed by atoms with E-state index in [0.29, 0.717) is 11.3 Å². The van der Waals surface area contributed by atoms with Crippen LogP contribution in [0.3, 0.4) is 0 Å². The zero-order chi connectivity index (χ0) is 13.8. The molecular formula is C13H7Cl2N3O. The van der Waals surface area contributed by atoms with Crippen LogP contribution in [0.2, 0.25) is 10.2 Å². The van der Waals surface area contributed by atoms with Crippen molar-refractivity contribution in [1.82, 2.24) is 4.98 Å². The lowest BCUT2D eigenvalue weighted by atomic mass is 10.2. The second kappa shape index (κ2) is 5.70. The molecule has 94 valence electrons. The third-order valence-electron chi connectivity index (χ3n) is 2.34. The van der Waals surface area contributed by atoms with Gasteiger partial charge in [0, 0.05) is 11.9 Å². The minimum Gasteiger partial charge on any atom is -0.322 e. The molecule has 19 heavy (non-hydrogen) atoms. The lowest BCUT2D eigenvalue weighted by Crippen LogP contribution is -2.12. The van der Waals surface area contributed by atoms with Crippen LogP contribution in [0.25, 0.3) is 0 Å². The van der Waals surface area contributed by atoms with Crippen LogP contribution in [0.5, 0.6) is 0 Å². The van der Waals surface area contributed by atoms with Crippen molar-refractivity contribution in [3.05, 3.63) is 57.8 Å². The van der Waals surface area contributed by atoms with Crippen LogP contribution in [-0.4, -0.2) is 10.9 Å². The average Bonchev–Trinajstić information content (AvgIpc) is 2.42. The molecule has 0 fully saturated rings. The summed E-state index contributed by atoms with van der Waals surface area (Å²) in [5, 5.41) is 11.7. The van der Waals surface area contributed by atoms with Gasteiger partial charge in [0.15, 0.2) is 0 Å². The topological polar surface area (TPSA) is 65.8 Å². The smallest absolute Gasteiger partial charge is 0.257 e. The van der Waals surface area contributed by atoms with Crippen molar-refractivity contribution in [3.63, 3.8) is 0 Å². The Bertz CT molecular complexity index is 663. The number of amides is 1. The van der Waals surface area contributed by atoms with Gasteiger partial charge in [0.05, 0.1) is 22.2 Å². The molecule has 0 bridgehead atoms. The quantitative estimate of drug-likeness (QED) is 0.861. The number of pyridine rings is 1. The minimum atomic E-state index is -0.390. The summed E-state index contributed by atoms with van der Waals surface area (Å²) in [5.41, 5.74) is 1.32. The summed E-state index contributed by atoms with van der Waals surface area (Å²) >= 11 is 11.6. The fourth-order valence-electron chi connectivity index (χ4n) is 1.41. The first-order chi connectivity index (χ1) is 9.10. The molecule has 1 aromatic carbocycles. The van der Waals surface area contributed by atoms with E-state index >= 15 is 0 Å². The van der Waals surface area contributed by atoms with Crippen LogP contribution < -0.4 is 5.32 Å². The number of rotatable bonds is 2. The highest BCUT2D eigenvalue weighted by Crippen LogP contribution is 2.19. The summed E-state index contributed by atoms with van der Waals surface area (Å²) < 4.78 is 0. The molecular weight excluding hydrogens is 285 g/mol. The van der Waals surface area contributed by atoms with E-state index in [-0.39, 0.29) is 21.6 Å². The van der Waals surface area contributed by atoms with Gasteiger partial charge in [-0.05, 0) is 30.3 Å². The van der Waals surface area contributed by atoms with Crippen LogP contribution >= 0.6 is 23.2 Å². The van der Waals surface area contributed by atoms with Crippen LogP contribution in [-0.2, 0) is 0 Å². The molecule has 2 aromatic rings. The number of aromatic nitrogens is 1. The molecule has 0 aliphatic rings. The Morgan fingerprint density at radius 2 is 1.95 bits per heavy atom. The van der Waals surface area contributed by atoms with Crippen molar-refractivity contribution in [2.45, 2.75) is 0 Å². The average molecular weight is 292 g/mol. The lowest BCUT2D eigenvalue weighted by molar-refractivity contribution is 0.102. The number of anilines is 1. The molecule has 4 nitrogen and oxygen atoms in total. The summed E-state index contributed by atoms with van der Waals surface area (Å²) in [5.74, 6) is -0.390. The second-order valence-corrected chi connectivity index (χ2v) is 4.42. The molecule has 1 amide bonds. The Hall–Kier alpha value is -2.09. The summed E-state index contributed by atoms with van der Waals surface area (Å²) in [6, 6.07) is 9.87. The zero-order valence-electron chi connectivity index (χ0n) is 9.52. The maximum absolute atomic E-state index is 12.0. The summed E-state index contributed by atoms with van der Waals surface area (Å²) in [6.07, 6.45) is 1.32. The molecule has 0 spiro atoms. The van der Waals surface area contributed by atoms with E-state index in [9.17, 15) is 4.79 Å². The molecule has 0 aliphatic carbocycles. The number of carbonyl (C=O) groups is 1. The monoisotopic (exact) mass is 291 g/mol. The van der Waals surface area contributed by atoms with Gasteiger partial charge < -0.3 is 5.32 Å². The predicted octanol–water partition coefficient (Wildman–Crippen LogP) is 3.51. The Balaban J connectivity index is 2.21. The molecule has 6 heteroatoms. The lowest BCUT2D eigenvalue weighted by Gasteiger charge is -2.06. The number of nitrogens with zero attached hydrogens (tertiary/aromatic N) is 2. The molecule has 2 rings (SSSR count). The van der Waals surface area contributed by atoms with Crippen molar-refractivity contribution >= 4 is 34.8 Å². The molecule has 1 N–H and O–H groups in total. The van der Waals surface area contributed by atoms with E-state index in [0.717, 1.165) is 0 Å². The van der Waals surface area contributed by atoms with E-state index in [2.05, 4.69) is 10.3 Å². The van der Waals surface area contributed by atoms with Crippen LogP contribution in [0, 0.1) is 11.3 Å². The molecule has 0 unspecified atom stereocenters. The molecule has 0 atom stereocenters. The fraction of sp³-hybridized carbons (Fsp3) is 0. The van der Waals surface area contributed by atoms with Crippen LogP contribution in [0.4, 0.5) is 5.69 Å². The first-order valence-corrected chi connectivity index (χ1v) is 5.98. The third kappa shape index (κ3) is 3.22. The largest absolute Gasteiger partial charge is 0.322 e. The van der Waals surface area contributed by atoms with E-state index < -0.39 is 0 Å². The fourth-order valence-corrected chi connectivity index (χ4v) is 1.76. The van der Waals surface area contributed by atoms with Gasteiger partial charge >= 0.3 is 0 Å². The molecule has 0 aliphatic heterocycles. The van der Waals surface area contributed by atoms with E-state index in [1.807, 2.05) is 6.07 Å². The summed E-state index contributed by atoms with van der Waals surface area (Å²) in [4.78, 5) is 15.8. The van der Waals surface area contributed by atoms with Crippen molar-refractivity contribution in [3.8, 4) is 6.07 Å². The Morgan fingerprint density at radius 1 is 1.26 bits per heavy atom. The summed E-state index contributed by atoms with van der Waals surface area (Å²) in [7, 11) is 0. The Kier molecular flexibility index (Phi) is 4.00. The van der Waals surface area contributed by atoms with Gasteiger partial charge in [-0.2, -0.15) is 5.26 Å². The number of nitrogens with one attached hydrogen (secondary N) is 1. The Labute approximate surface area is 119 Å². The van der Waals surface area contributed by atoms with Crippen molar-refractivity contribution < 1.29 is 4.79 Å². The van der Waals surface area contributed by atoms with Gasteiger partial charge in [0.1, 0.15) is 5.15 Å². The van der Waals surface area contributed by atoms with Crippen LogP contribution in [0.1, 0.15) is 15.9 Å². The van der Waals surface area contributed by atoms with Gasteiger partial charge in [0.2, 0.25) is 0 Å². The van der Waals surface area contributed by atoms with E-state index in [1.165, 1.54) is 12.3 Å². The van der Waals surface area contributed by atoms with Gasteiger partial charge in [-0.1, -0.05) is 23.2 Å². The number of benzene rings is 1. The highest BCUT2D eigenvalue weighted by atomic mass is 35.5. The molecule has 0 saturated heterocycles. The number of halogens is 2. The zero-order valence-corrected chi connectivity index (χ0v) is 11.0. The number of hydrogen-bond acceptors (Lipinski definition) is 3. The van der Waals surface area contributed by atoms with Crippen molar-refractivity contribution in [1.29, 1.82) is 5.26 Å². The minimum absolute atomic E-state index is 0.189. The normalized spacial score (nSPS) is 9.74. The highest BCUT2D eigenvalue weighted by molar-refractivity contribution is 6.35. The SMILES string of the molecule is N#Cc1ccc(NC(=O)c2cc(Cl)ncc2Cl)cc1. The van der Waals surface area contributed by atoms with Gasteiger partial charge in [0.25, 0.3) is 5.91 Å². The highest BCUT2D eigenvalue weighted by Gasteiger charge is 2.11. The van der Waals surface area contributed by atoms with Crippen molar-refractivity contribution in [2.75, 3.05) is 5.32 Å². The van der Waals surface area contributed by atoms with Gasteiger partial charge in [-0.15, -0.1) is 0 Å². The molecule has 1 aromatic heterocycles. The van der Waals surface area contributed by atoms with Gasteiger partial charge in [-0.3, -0.25) is 4.79 Å².